The number of fused-ring (bicyclic) bond motifs is 1. The van der Waals surface area contributed by atoms with Crippen molar-refractivity contribution >= 4 is 33.0 Å². The highest BCUT2D eigenvalue weighted by Gasteiger charge is 2.34. The summed E-state index contributed by atoms with van der Waals surface area (Å²) in [6, 6.07) is 7.68. The Labute approximate surface area is 224 Å². The molecule has 2 aliphatic rings. The SMILES string of the molecule is C[C@H]1CN([C@@H](C)CO)C(=O)c2cc(NS(=O)(=O)c3cccs3)ccc2O[C@H]1CN(C)CC1CCCCC1. The largest absolute Gasteiger partial charge is 0.488 e. The molecule has 0 spiro atoms. The maximum atomic E-state index is 13.6. The predicted molar refractivity (Wildman–Crippen MR) is 147 cm³/mol. The van der Waals surface area contributed by atoms with Gasteiger partial charge in [0.05, 0.1) is 18.2 Å². The predicted octanol–water partition coefficient (Wildman–Crippen LogP) is 4.28. The zero-order chi connectivity index (χ0) is 26.6. The Bertz CT molecular complexity index is 1150. The van der Waals surface area contributed by atoms with E-state index in [2.05, 4.69) is 23.6 Å². The molecule has 1 aliphatic heterocycles. The van der Waals surface area contributed by atoms with E-state index >= 15 is 0 Å². The minimum atomic E-state index is -3.76. The van der Waals surface area contributed by atoms with Gasteiger partial charge in [-0.1, -0.05) is 32.3 Å². The molecule has 10 heteroatoms. The number of sulfonamides is 1. The number of amides is 1. The Morgan fingerprint density at radius 1 is 1.22 bits per heavy atom. The van der Waals surface area contributed by atoms with E-state index in [-0.39, 0.29) is 34.8 Å². The fourth-order valence-corrected chi connectivity index (χ4v) is 7.36. The van der Waals surface area contributed by atoms with Crippen molar-refractivity contribution in [3.05, 3.63) is 41.3 Å². The molecule has 37 heavy (non-hydrogen) atoms. The zero-order valence-corrected chi connectivity index (χ0v) is 23.6. The molecular weight excluding hydrogens is 510 g/mol. The van der Waals surface area contributed by atoms with E-state index in [0.29, 0.717) is 29.5 Å². The molecule has 4 rings (SSSR count). The van der Waals surface area contributed by atoms with E-state index in [1.165, 1.54) is 38.2 Å². The number of likely N-dealkylation sites (N-methyl/N-ethyl adjacent to an activating group) is 1. The Kier molecular flexibility index (Phi) is 9.15. The summed E-state index contributed by atoms with van der Waals surface area (Å²) in [4.78, 5) is 17.6. The van der Waals surface area contributed by atoms with Gasteiger partial charge in [0, 0.05) is 31.2 Å². The second kappa shape index (κ2) is 12.1. The van der Waals surface area contributed by atoms with Crippen molar-refractivity contribution in [2.75, 3.05) is 38.0 Å². The molecule has 1 aliphatic carbocycles. The van der Waals surface area contributed by atoms with Crippen LogP contribution in [0.15, 0.2) is 39.9 Å². The number of nitrogens with one attached hydrogen (secondary N) is 1. The van der Waals surface area contributed by atoms with Crippen LogP contribution < -0.4 is 9.46 Å². The average Bonchev–Trinajstić information content (AvgIpc) is 3.43. The summed E-state index contributed by atoms with van der Waals surface area (Å²) in [6.45, 7) is 5.93. The monoisotopic (exact) mass is 549 g/mol. The van der Waals surface area contributed by atoms with Crippen LogP contribution in [0.1, 0.15) is 56.3 Å². The van der Waals surface area contributed by atoms with Crippen LogP contribution in [0.4, 0.5) is 5.69 Å². The first-order chi connectivity index (χ1) is 17.7. The van der Waals surface area contributed by atoms with Crippen molar-refractivity contribution in [2.45, 2.75) is 62.3 Å². The first-order valence-corrected chi connectivity index (χ1v) is 15.5. The smallest absolute Gasteiger partial charge is 0.271 e. The van der Waals surface area contributed by atoms with Crippen molar-refractivity contribution < 1.29 is 23.1 Å². The molecule has 1 saturated carbocycles. The molecule has 1 aromatic heterocycles. The summed E-state index contributed by atoms with van der Waals surface area (Å²) < 4.78 is 34.8. The van der Waals surface area contributed by atoms with Crippen molar-refractivity contribution in [1.29, 1.82) is 0 Å². The van der Waals surface area contributed by atoms with Gasteiger partial charge in [-0.25, -0.2) is 8.42 Å². The van der Waals surface area contributed by atoms with Gasteiger partial charge < -0.3 is 19.6 Å². The van der Waals surface area contributed by atoms with E-state index in [0.717, 1.165) is 24.4 Å². The molecule has 2 heterocycles. The fraction of sp³-hybridized carbons (Fsp3) is 0.593. The molecule has 8 nitrogen and oxygen atoms in total. The maximum Gasteiger partial charge on any atom is 0.271 e. The van der Waals surface area contributed by atoms with E-state index in [4.69, 9.17) is 4.74 Å². The normalized spacial score (nSPS) is 22.2. The second-order valence-electron chi connectivity index (χ2n) is 10.6. The topological polar surface area (TPSA) is 99.2 Å². The standard InChI is InChI=1S/C27H39N3O5S2/c1-19-15-30(20(2)18-31)27(32)23-14-22(28-37(33,34)26-10-7-13-36-26)11-12-24(23)35-25(19)17-29(3)16-21-8-5-4-6-9-21/h7,10-14,19-21,25,28,31H,4-6,8-9,15-18H2,1-3H3/t19-,20-,25-/m0/s1. The third kappa shape index (κ3) is 6.85. The lowest BCUT2D eigenvalue weighted by Gasteiger charge is -2.38. The molecule has 1 fully saturated rings. The number of aliphatic hydroxyl groups is 1. The van der Waals surface area contributed by atoms with E-state index < -0.39 is 10.0 Å². The summed E-state index contributed by atoms with van der Waals surface area (Å²) in [5.74, 6) is 0.898. The van der Waals surface area contributed by atoms with Gasteiger partial charge in [0.2, 0.25) is 0 Å². The van der Waals surface area contributed by atoms with Gasteiger partial charge in [-0.3, -0.25) is 9.52 Å². The molecule has 0 bridgehead atoms. The Balaban J connectivity index is 1.60. The lowest BCUT2D eigenvalue weighted by Crippen LogP contribution is -2.50. The van der Waals surface area contributed by atoms with E-state index in [1.54, 1.807) is 34.5 Å². The molecule has 3 atom stereocenters. The zero-order valence-electron chi connectivity index (χ0n) is 21.9. The summed E-state index contributed by atoms with van der Waals surface area (Å²) in [7, 11) is -1.63. The number of anilines is 1. The molecular formula is C27H39N3O5S2. The first-order valence-electron chi connectivity index (χ1n) is 13.2. The molecule has 1 aromatic carbocycles. The second-order valence-corrected chi connectivity index (χ2v) is 13.5. The van der Waals surface area contributed by atoms with Crippen LogP contribution in [0.25, 0.3) is 0 Å². The number of ether oxygens (including phenoxy) is 1. The fourth-order valence-electron chi connectivity index (χ4n) is 5.32. The minimum absolute atomic E-state index is 0.0388. The van der Waals surface area contributed by atoms with Gasteiger partial charge in [-0.2, -0.15) is 0 Å². The summed E-state index contributed by atoms with van der Waals surface area (Å²) >= 11 is 1.13. The molecule has 0 unspecified atom stereocenters. The summed E-state index contributed by atoms with van der Waals surface area (Å²) in [5.41, 5.74) is 0.582. The highest BCUT2D eigenvalue weighted by atomic mass is 32.2. The van der Waals surface area contributed by atoms with Gasteiger partial charge >= 0.3 is 0 Å². The van der Waals surface area contributed by atoms with Gasteiger partial charge in [0.25, 0.3) is 15.9 Å². The number of rotatable bonds is 9. The minimum Gasteiger partial charge on any atom is -0.488 e. The molecule has 0 saturated heterocycles. The molecule has 2 N–H and O–H groups in total. The number of nitrogens with zero attached hydrogens (tertiary/aromatic N) is 2. The van der Waals surface area contributed by atoms with Crippen LogP contribution in [0.3, 0.4) is 0 Å². The third-order valence-electron chi connectivity index (χ3n) is 7.46. The van der Waals surface area contributed by atoms with Crippen molar-refractivity contribution in [3.63, 3.8) is 0 Å². The number of carbonyl (C=O) groups excluding carboxylic acids is 1. The lowest BCUT2D eigenvalue weighted by atomic mass is 9.89. The third-order valence-corrected chi connectivity index (χ3v) is 10.2. The summed E-state index contributed by atoms with van der Waals surface area (Å²) in [5, 5.41) is 11.6. The van der Waals surface area contributed by atoms with Crippen molar-refractivity contribution in [2.24, 2.45) is 11.8 Å². The maximum absolute atomic E-state index is 13.6. The number of carbonyl (C=O) groups is 1. The highest BCUT2D eigenvalue weighted by Crippen LogP contribution is 2.32. The summed E-state index contributed by atoms with van der Waals surface area (Å²) in [6.07, 6.45) is 6.32. The van der Waals surface area contributed by atoms with Gasteiger partial charge in [0.1, 0.15) is 16.1 Å². The number of thiophene rings is 1. The van der Waals surface area contributed by atoms with Gasteiger partial charge in [0.15, 0.2) is 0 Å². The molecule has 0 radical (unpaired) electrons. The van der Waals surface area contributed by atoms with Crippen molar-refractivity contribution in [3.8, 4) is 5.75 Å². The van der Waals surface area contributed by atoms with Crippen LogP contribution in [-0.4, -0.2) is 74.7 Å². The van der Waals surface area contributed by atoms with E-state index in [9.17, 15) is 18.3 Å². The van der Waals surface area contributed by atoms with Crippen LogP contribution in [0.5, 0.6) is 5.75 Å². The van der Waals surface area contributed by atoms with Crippen LogP contribution in [-0.2, 0) is 10.0 Å². The molecule has 204 valence electrons. The lowest BCUT2D eigenvalue weighted by molar-refractivity contribution is 0.0330. The average molecular weight is 550 g/mol. The van der Waals surface area contributed by atoms with E-state index in [1.807, 2.05) is 6.92 Å². The number of hydrogen-bond donors (Lipinski definition) is 2. The highest BCUT2D eigenvalue weighted by molar-refractivity contribution is 7.94. The number of hydrogen-bond acceptors (Lipinski definition) is 7. The Hall–Kier alpha value is -2.14. The molecule has 2 aromatic rings. The van der Waals surface area contributed by atoms with Crippen LogP contribution in [0, 0.1) is 11.8 Å². The van der Waals surface area contributed by atoms with Crippen LogP contribution in [0.2, 0.25) is 0 Å². The Morgan fingerprint density at radius 2 is 1.97 bits per heavy atom. The van der Waals surface area contributed by atoms with Crippen molar-refractivity contribution in [1.82, 2.24) is 9.80 Å². The quantitative estimate of drug-likeness (QED) is 0.484. The van der Waals surface area contributed by atoms with Gasteiger partial charge in [-0.05, 0) is 62.4 Å². The Morgan fingerprint density at radius 3 is 2.65 bits per heavy atom. The first kappa shape index (κ1) is 27.9. The van der Waals surface area contributed by atoms with Crippen LogP contribution >= 0.6 is 11.3 Å². The van der Waals surface area contributed by atoms with Gasteiger partial charge in [-0.15, -0.1) is 11.3 Å². The number of benzene rings is 1. The molecule has 1 amide bonds. The number of aliphatic hydroxyl groups excluding tert-OH is 1.